The molecule has 63 heavy (non-hydrogen) atoms. The zero-order valence-corrected chi connectivity index (χ0v) is 38.7. The summed E-state index contributed by atoms with van der Waals surface area (Å²) in [4.78, 5) is 5.05. The van der Waals surface area contributed by atoms with Gasteiger partial charge >= 0.3 is 0 Å². The first-order chi connectivity index (χ1) is 30.3. The molecule has 314 valence electrons. The number of benzene rings is 8. The van der Waals surface area contributed by atoms with Gasteiger partial charge in [0.05, 0.1) is 11.4 Å². The average Bonchev–Trinajstić information content (AvgIpc) is 3.21. The molecule has 0 saturated heterocycles. The normalized spacial score (nSPS) is 13.0. The van der Waals surface area contributed by atoms with Crippen molar-refractivity contribution in [1.82, 2.24) is 0 Å². The van der Waals surface area contributed by atoms with Crippen LogP contribution in [0.25, 0.3) is 33.0 Å². The molecule has 0 amide bonds. The van der Waals surface area contributed by atoms with E-state index in [1.165, 1.54) is 117 Å². The molecule has 10 rings (SSSR count). The van der Waals surface area contributed by atoms with Gasteiger partial charge in [0.25, 0.3) is 0 Å². The summed E-state index contributed by atoms with van der Waals surface area (Å²) in [5.74, 6) is 0. The molecule has 0 aromatic heterocycles. The second-order valence-electron chi connectivity index (χ2n) is 20.0. The molecule has 2 heteroatoms. The number of rotatable bonds is 9. The molecule has 2 aliphatic carbocycles. The van der Waals surface area contributed by atoms with Gasteiger partial charge in [0.15, 0.2) is 0 Å². The van der Waals surface area contributed by atoms with Gasteiger partial charge < -0.3 is 9.80 Å². The Kier molecular flexibility index (Phi) is 10.2. The Hall–Kier alpha value is -6.38. The molecule has 0 unspecified atom stereocenters. The first-order valence-electron chi connectivity index (χ1n) is 23.0. The van der Waals surface area contributed by atoms with Crippen LogP contribution in [0.5, 0.6) is 0 Å². The van der Waals surface area contributed by atoms with Crippen molar-refractivity contribution in [3.8, 4) is 22.3 Å². The number of aryl methyl sites for hydroxylation is 10. The Morgan fingerprint density at radius 1 is 0.397 bits per heavy atom. The van der Waals surface area contributed by atoms with Crippen LogP contribution in [0, 0.1) is 47.0 Å². The summed E-state index contributed by atoms with van der Waals surface area (Å²) in [6, 6.07) is 54.1. The number of nitrogens with zero attached hydrogens (tertiary/aromatic N) is 2. The maximum absolute atomic E-state index is 2.54. The smallest absolute Gasteiger partial charge is 0.0520 e. The van der Waals surface area contributed by atoms with Crippen LogP contribution in [0.15, 0.2) is 140 Å². The third-order valence-corrected chi connectivity index (χ3v) is 13.6. The lowest BCUT2D eigenvalue weighted by atomic mass is 9.83. The zero-order valence-electron chi connectivity index (χ0n) is 38.7. The number of fused-ring (bicyclic) bond motifs is 3. The Morgan fingerprint density at radius 3 is 1.19 bits per heavy atom. The van der Waals surface area contributed by atoms with Gasteiger partial charge in [-0.05, 0) is 211 Å². The minimum Gasteiger partial charge on any atom is -0.310 e. The molecule has 0 radical (unpaired) electrons. The molecule has 2 nitrogen and oxygen atoms in total. The molecule has 0 atom stereocenters. The van der Waals surface area contributed by atoms with Crippen LogP contribution >= 0.6 is 0 Å². The zero-order chi connectivity index (χ0) is 43.7. The fourth-order valence-electron chi connectivity index (χ4n) is 10.7. The van der Waals surface area contributed by atoms with Gasteiger partial charge in [-0.3, -0.25) is 0 Å². The van der Waals surface area contributed by atoms with E-state index in [1.54, 1.807) is 0 Å². The van der Waals surface area contributed by atoms with Gasteiger partial charge in [-0.25, -0.2) is 0 Å². The lowest BCUT2D eigenvalue weighted by Crippen LogP contribution is -2.15. The van der Waals surface area contributed by atoms with E-state index < -0.39 is 0 Å². The molecule has 0 spiro atoms. The van der Waals surface area contributed by atoms with Crippen molar-refractivity contribution in [2.24, 2.45) is 5.41 Å². The maximum Gasteiger partial charge on any atom is 0.0520 e. The van der Waals surface area contributed by atoms with Gasteiger partial charge in [-0.1, -0.05) is 123 Å². The Balaban J connectivity index is 1.30. The van der Waals surface area contributed by atoms with Crippen LogP contribution in [-0.4, -0.2) is 0 Å². The summed E-state index contributed by atoms with van der Waals surface area (Å²) in [5, 5.41) is 2.52. The van der Waals surface area contributed by atoms with E-state index in [0.29, 0.717) is 0 Å². The van der Waals surface area contributed by atoms with Gasteiger partial charge in [-0.2, -0.15) is 0 Å². The van der Waals surface area contributed by atoms with Gasteiger partial charge in [0, 0.05) is 22.7 Å². The SMILES string of the molecule is Cc1cc(C)c(N(c2ccccc2)c2cc(-c3ccc4c(c3)CC4)c3cc(N(c4ccc(CC(C)(C)C)cc4)c4c(C)cc(C)cc4C)cc(-c4ccc5c(c4)CC5)c3c2)c(C)c1. The predicted octanol–water partition coefficient (Wildman–Crippen LogP) is 16.7. The highest BCUT2D eigenvalue weighted by atomic mass is 15.2. The number of para-hydroxylation sites is 1. The van der Waals surface area contributed by atoms with Gasteiger partial charge in [0.2, 0.25) is 0 Å². The molecule has 8 aromatic carbocycles. The van der Waals surface area contributed by atoms with Crippen molar-refractivity contribution in [3.05, 3.63) is 201 Å². The van der Waals surface area contributed by atoms with Crippen LogP contribution in [0.1, 0.15) is 82.0 Å². The average molecular weight is 821 g/mol. The molecule has 8 aromatic rings. The van der Waals surface area contributed by atoms with Crippen molar-refractivity contribution in [2.75, 3.05) is 9.80 Å². The number of hydrogen-bond acceptors (Lipinski definition) is 2. The monoisotopic (exact) mass is 820 g/mol. The van der Waals surface area contributed by atoms with E-state index in [4.69, 9.17) is 0 Å². The molecule has 0 fully saturated rings. The molecule has 0 N–H and O–H groups in total. The summed E-state index contributed by atoms with van der Waals surface area (Å²) in [6.07, 6.45) is 5.62. The molecule has 0 bridgehead atoms. The fourth-order valence-corrected chi connectivity index (χ4v) is 10.7. The van der Waals surface area contributed by atoms with Crippen LogP contribution < -0.4 is 9.80 Å². The van der Waals surface area contributed by atoms with Crippen molar-refractivity contribution < 1.29 is 0 Å². The quantitative estimate of drug-likeness (QED) is 0.143. The second kappa shape index (κ2) is 15.8. The molecule has 0 aliphatic heterocycles. The lowest BCUT2D eigenvalue weighted by molar-refractivity contribution is 0.411. The Labute approximate surface area is 375 Å². The van der Waals surface area contributed by atoms with Crippen LogP contribution in [-0.2, 0) is 32.1 Å². The summed E-state index contributed by atoms with van der Waals surface area (Å²) in [6.45, 7) is 20.5. The Morgan fingerprint density at radius 2 is 0.810 bits per heavy atom. The van der Waals surface area contributed by atoms with E-state index in [0.717, 1.165) is 43.5 Å². The van der Waals surface area contributed by atoms with Crippen LogP contribution in [0.3, 0.4) is 0 Å². The highest BCUT2D eigenvalue weighted by molar-refractivity contribution is 6.10. The third kappa shape index (κ3) is 7.65. The van der Waals surface area contributed by atoms with E-state index in [-0.39, 0.29) is 5.41 Å². The topological polar surface area (TPSA) is 6.48 Å². The van der Waals surface area contributed by atoms with E-state index >= 15 is 0 Å². The summed E-state index contributed by atoms with van der Waals surface area (Å²) >= 11 is 0. The van der Waals surface area contributed by atoms with Gasteiger partial charge in [-0.15, -0.1) is 0 Å². The predicted molar refractivity (Wildman–Crippen MR) is 271 cm³/mol. The molecular formula is C61H60N2. The van der Waals surface area contributed by atoms with Crippen molar-refractivity contribution in [1.29, 1.82) is 0 Å². The molecule has 0 saturated carbocycles. The van der Waals surface area contributed by atoms with E-state index in [1.807, 2.05) is 0 Å². The molecule has 0 heterocycles. The van der Waals surface area contributed by atoms with Crippen molar-refractivity contribution in [3.63, 3.8) is 0 Å². The molecular weight excluding hydrogens is 761 g/mol. The minimum atomic E-state index is 0.205. The minimum absolute atomic E-state index is 0.205. The van der Waals surface area contributed by atoms with E-state index in [2.05, 4.69) is 212 Å². The first-order valence-corrected chi connectivity index (χ1v) is 23.0. The summed E-state index contributed by atoms with van der Waals surface area (Å²) in [5.41, 5.74) is 27.3. The maximum atomic E-state index is 2.54. The number of hydrogen-bond donors (Lipinski definition) is 0. The number of anilines is 6. The van der Waals surface area contributed by atoms with E-state index in [9.17, 15) is 0 Å². The van der Waals surface area contributed by atoms with Crippen LogP contribution in [0.2, 0.25) is 0 Å². The highest BCUT2D eigenvalue weighted by Crippen LogP contribution is 2.49. The van der Waals surface area contributed by atoms with Gasteiger partial charge in [0.1, 0.15) is 0 Å². The Bertz CT molecular complexity index is 3020. The van der Waals surface area contributed by atoms with Crippen LogP contribution in [0.4, 0.5) is 34.1 Å². The standard InChI is InChI=1S/C61H60N2/c1-38-27-40(3)59(41(4)28-38)62(51-13-11-10-12-14-51)53-33-55(49-23-19-45-17-21-47(45)31-49)58-36-54(34-56(57(58)35-53)50-24-20-46-18-22-48(46)32-50)63(60-42(5)29-39(2)30-43(60)6)52-25-15-44(16-26-52)37-61(7,8)9/h10-16,19-20,23-36H,17-18,21-22,37H2,1-9H3. The van der Waals surface area contributed by atoms with Crippen molar-refractivity contribution >= 4 is 44.9 Å². The first kappa shape index (κ1) is 40.7. The fraction of sp³-hybridized carbons (Fsp3) is 0.246. The largest absolute Gasteiger partial charge is 0.310 e. The lowest BCUT2D eigenvalue weighted by Gasteiger charge is -2.32. The second-order valence-corrected chi connectivity index (χ2v) is 20.0. The summed E-state index contributed by atoms with van der Waals surface area (Å²) in [7, 11) is 0. The third-order valence-electron chi connectivity index (χ3n) is 13.6. The molecule has 2 aliphatic rings. The summed E-state index contributed by atoms with van der Waals surface area (Å²) < 4.78 is 0. The van der Waals surface area contributed by atoms with Crippen molar-refractivity contribution in [2.45, 2.75) is 94.4 Å². The highest BCUT2D eigenvalue weighted by Gasteiger charge is 2.26.